The molecular formula is C12H11ClO2S. The lowest BCUT2D eigenvalue weighted by atomic mass is 10.3. The maximum atomic E-state index is 9.79. The van der Waals surface area contributed by atoms with Gasteiger partial charge in [0.1, 0.15) is 11.9 Å². The fourth-order valence-electron chi connectivity index (χ4n) is 1.29. The van der Waals surface area contributed by atoms with Gasteiger partial charge >= 0.3 is 0 Å². The molecule has 0 spiro atoms. The molecule has 2 rings (SSSR count). The van der Waals surface area contributed by atoms with E-state index >= 15 is 0 Å². The van der Waals surface area contributed by atoms with E-state index in [4.69, 9.17) is 16.0 Å². The van der Waals surface area contributed by atoms with E-state index < -0.39 is 6.10 Å². The van der Waals surface area contributed by atoms with E-state index in [1.54, 1.807) is 30.2 Å². The number of aliphatic hydroxyl groups is 1. The lowest BCUT2D eigenvalue weighted by Gasteiger charge is -2.07. The Bertz CT molecular complexity index is 442. The topological polar surface area (TPSA) is 33.4 Å². The SMILES string of the molecule is OC(CSc1cccc(Cl)c1)c1ccco1. The fraction of sp³-hybridized carbons (Fsp3) is 0.167. The van der Waals surface area contributed by atoms with Crippen molar-refractivity contribution in [3.05, 3.63) is 53.4 Å². The van der Waals surface area contributed by atoms with E-state index in [1.807, 2.05) is 24.3 Å². The second-order valence-corrected chi connectivity index (χ2v) is 4.83. The molecule has 84 valence electrons. The monoisotopic (exact) mass is 254 g/mol. The molecule has 1 unspecified atom stereocenters. The zero-order chi connectivity index (χ0) is 11.4. The number of benzene rings is 1. The summed E-state index contributed by atoms with van der Waals surface area (Å²) in [7, 11) is 0. The van der Waals surface area contributed by atoms with Crippen LogP contribution in [0.1, 0.15) is 11.9 Å². The summed E-state index contributed by atoms with van der Waals surface area (Å²) in [6.45, 7) is 0. The van der Waals surface area contributed by atoms with Crippen LogP contribution in [0.2, 0.25) is 5.02 Å². The Balaban J connectivity index is 1.92. The largest absolute Gasteiger partial charge is 0.467 e. The minimum absolute atomic E-state index is 0.549. The van der Waals surface area contributed by atoms with E-state index in [2.05, 4.69) is 0 Å². The molecule has 0 amide bonds. The van der Waals surface area contributed by atoms with Crippen molar-refractivity contribution in [1.82, 2.24) is 0 Å². The second kappa shape index (κ2) is 5.43. The van der Waals surface area contributed by atoms with Gasteiger partial charge in [-0.25, -0.2) is 0 Å². The van der Waals surface area contributed by atoms with Gasteiger partial charge in [0.25, 0.3) is 0 Å². The molecule has 1 aromatic heterocycles. The summed E-state index contributed by atoms with van der Waals surface area (Å²) < 4.78 is 5.12. The highest BCUT2D eigenvalue weighted by atomic mass is 35.5. The Hall–Kier alpha value is -0.900. The third kappa shape index (κ3) is 3.04. The van der Waals surface area contributed by atoms with Gasteiger partial charge in [-0.05, 0) is 30.3 Å². The molecule has 0 saturated heterocycles. The molecule has 1 N–H and O–H groups in total. The van der Waals surface area contributed by atoms with Crippen LogP contribution < -0.4 is 0 Å². The Morgan fingerprint density at radius 2 is 2.19 bits per heavy atom. The van der Waals surface area contributed by atoms with Gasteiger partial charge in [-0.1, -0.05) is 17.7 Å². The van der Waals surface area contributed by atoms with Crippen molar-refractivity contribution in [2.45, 2.75) is 11.0 Å². The van der Waals surface area contributed by atoms with Gasteiger partial charge in [0, 0.05) is 15.7 Å². The van der Waals surface area contributed by atoms with Crippen LogP contribution in [-0.4, -0.2) is 10.9 Å². The van der Waals surface area contributed by atoms with Crippen LogP contribution in [0.25, 0.3) is 0 Å². The van der Waals surface area contributed by atoms with E-state index in [0.29, 0.717) is 16.5 Å². The zero-order valence-electron chi connectivity index (χ0n) is 8.47. The maximum Gasteiger partial charge on any atom is 0.133 e. The van der Waals surface area contributed by atoms with E-state index in [0.717, 1.165) is 4.90 Å². The average Bonchev–Trinajstić information content (AvgIpc) is 2.79. The first-order valence-corrected chi connectivity index (χ1v) is 6.22. The Morgan fingerprint density at radius 3 is 2.88 bits per heavy atom. The molecule has 0 aliphatic rings. The molecular weight excluding hydrogens is 244 g/mol. The lowest BCUT2D eigenvalue weighted by molar-refractivity contribution is 0.174. The fourth-order valence-corrected chi connectivity index (χ4v) is 2.45. The molecule has 0 saturated carbocycles. The molecule has 0 fully saturated rings. The number of rotatable bonds is 4. The predicted molar refractivity (Wildman–Crippen MR) is 65.8 cm³/mol. The van der Waals surface area contributed by atoms with Crippen LogP contribution in [0.3, 0.4) is 0 Å². The minimum Gasteiger partial charge on any atom is -0.467 e. The number of furan rings is 1. The Morgan fingerprint density at radius 1 is 1.31 bits per heavy atom. The molecule has 1 heterocycles. The summed E-state index contributed by atoms with van der Waals surface area (Å²) in [5.74, 6) is 1.14. The zero-order valence-corrected chi connectivity index (χ0v) is 10.0. The third-order valence-electron chi connectivity index (χ3n) is 2.08. The number of hydrogen-bond acceptors (Lipinski definition) is 3. The second-order valence-electron chi connectivity index (χ2n) is 3.30. The highest BCUT2D eigenvalue weighted by molar-refractivity contribution is 7.99. The predicted octanol–water partition coefficient (Wildman–Crippen LogP) is 3.76. The number of halogens is 1. The maximum absolute atomic E-state index is 9.79. The van der Waals surface area contributed by atoms with Gasteiger partial charge in [0.15, 0.2) is 0 Å². The highest BCUT2D eigenvalue weighted by Crippen LogP contribution is 2.26. The first-order chi connectivity index (χ1) is 7.75. The Kier molecular flexibility index (Phi) is 3.93. The molecule has 0 bridgehead atoms. The average molecular weight is 255 g/mol. The van der Waals surface area contributed by atoms with Gasteiger partial charge < -0.3 is 9.52 Å². The number of hydrogen-bond donors (Lipinski definition) is 1. The van der Waals surface area contributed by atoms with Crippen LogP contribution in [0.4, 0.5) is 0 Å². The van der Waals surface area contributed by atoms with Gasteiger partial charge in [0.2, 0.25) is 0 Å². The molecule has 0 aliphatic carbocycles. The van der Waals surface area contributed by atoms with Gasteiger partial charge in [-0.15, -0.1) is 11.8 Å². The molecule has 1 aromatic carbocycles. The van der Waals surface area contributed by atoms with Crippen molar-refractivity contribution in [1.29, 1.82) is 0 Å². The van der Waals surface area contributed by atoms with Crippen molar-refractivity contribution in [2.24, 2.45) is 0 Å². The summed E-state index contributed by atoms with van der Waals surface area (Å²) in [6.07, 6.45) is 0.974. The van der Waals surface area contributed by atoms with Crippen LogP contribution >= 0.6 is 23.4 Å². The van der Waals surface area contributed by atoms with Crippen molar-refractivity contribution in [2.75, 3.05) is 5.75 Å². The summed E-state index contributed by atoms with van der Waals surface area (Å²) in [5.41, 5.74) is 0. The third-order valence-corrected chi connectivity index (χ3v) is 3.38. The van der Waals surface area contributed by atoms with Gasteiger partial charge in [-0.2, -0.15) is 0 Å². The van der Waals surface area contributed by atoms with Crippen LogP contribution in [0.15, 0.2) is 52.0 Å². The minimum atomic E-state index is -0.584. The van der Waals surface area contributed by atoms with E-state index in [1.165, 1.54) is 0 Å². The molecule has 1 atom stereocenters. The summed E-state index contributed by atoms with van der Waals surface area (Å²) in [6, 6.07) is 11.1. The quantitative estimate of drug-likeness (QED) is 0.844. The first kappa shape index (κ1) is 11.6. The van der Waals surface area contributed by atoms with Gasteiger partial charge in [0.05, 0.1) is 6.26 Å². The summed E-state index contributed by atoms with van der Waals surface area (Å²) in [4.78, 5) is 1.04. The van der Waals surface area contributed by atoms with Crippen LogP contribution in [0, 0.1) is 0 Å². The lowest BCUT2D eigenvalue weighted by Crippen LogP contribution is -1.98. The standard InChI is InChI=1S/C12H11ClO2S/c13-9-3-1-4-10(7-9)16-8-11(14)12-5-2-6-15-12/h1-7,11,14H,8H2. The van der Waals surface area contributed by atoms with Crippen molar-refractivity contribution in [3.8, 4) is 0 Å². The van der Waals surface area contributed by atoms with Crippen LogP contribution in [0.5, 0.6) is 0 Å². The van der Waals surface area contributed by atoms with Gasteiger partial charge in [-0.3, -0.25) is 0 Å². The van der Waals surface area contributed by atoms with Crippen molar-refractivity contribution < 1.29 is 9.52 Å². The summed E-state index contributed by atoms with van der Waals surface area (Å²) in [5, 5.41) is 10.5. The smallest absolute Gasteiger partial charge is 0.133 e. The molecule has 2 nitrogen and oxygen atoms in total. The normalized spacial score (nSPS) is 12.6. The molecule has 2 aromatic rings. The molecule has 16 heavy (non-hydrogen) atoms. The molecule has 4 heteroatoms. The van der Waals surface area contributed by atoms with E-state index in [9.17, 15) is 5.11 Å². The number of aliphatic hydroxyl groups excluding tert-OH is 1. The molecule has 0 aliphatic heterocycles. The molecule has 0 radical (unpaired) electrons. The van der Waals surface area contributed by atoms with Crippen molar-refractivity contribution in [3.63, 3.8) is 0 Å². The highest BCUT2D eigenvalue weighted by Gasteiger charge is 2.10. The summed E-state index contributed by atoms with van der Waals surface area (Å²) >= 11 is 7.41. The van der Waals surface area contributed by atoms with Crippen LogP contribution in [-0.2, 0) is 0 Å². The first-order valence-electron chi connectivity index (χ1n) is 4.85. The number of thioether (sulfide) groups is 1. The van der Waals surface area contributed by atoms with E-state index in [-0.39, 0.29) is 0 Å². The Labute approximate surface area is 103 Å². The van der Waals surface area contributed by atoms with Crippen molar-refractivity contribution >= 4 is 23.4 Å².